The minimum Gasteiger partial charge on any atom is -0.497 e. The highest BCUT2D eigenvalue weighted by atomic mass is 19.1. The highest BCUT2D eigenvalue weighted by Crippen LogP contribution is 2.28. The highest BCUT2D eigenvalue weighted by Gasteiger charge is 2.19. The van der Waals surface area contributed by atoms with Gasteiger partial charge >= 0.3 is 0 Å². The molecule has 4 heteroatoms. The van der Waals surface area contributed by atoms with Gasteiger partial charge < -0.3 is 10.1 Å². The summed E-state index contributed by atoms with van der Waals surface area (Å²) < 4.78 is 33.2. The average Bonchev–Trinajstić information content (AvgIpc) is 2.49. The molecule has 0 aromatic heterocycles. The maximum atomic E-state index is 14.2. The molecule has 2 aromatic carbocycles. The van der Waals surface area contributed by atoms with Crippen LogP contribution in [-0.2, 0) is 0 Å². The molecule has 0 radical (unpaired) electrons. The van der Waals surface area contributed by atoms with Crippen LogP contribution in [0, 0.1) is 18.6 Å². The van der Waals surface area contributed by atoms with Gasteiger partial charge in [0.2, 0.25) is 0 Å². The fraction of sp³-hybridized carbons (Fsp3) is 0.294. The van der Waals surface area contributed by atoms with E-state index in [4.69, 9.17) is 4.74 Å². The highest BCUT2D eigenvalue weighted by molar-refractivity contribution is 5.38. The number of halogens is 2. The van der Waals surface area contributed by atoms with Crippen molar-refractivity contribution in [2.45, 2.75) is 19.9 Å². The topological polar surface area (TPSA) is 21.3 Å². The van der Waals surface area contributed by atoms with E-state index in [0.29, 0.717) is 23.4 Å². The summed E-state index contributed by atoms with van der Waals surface area (Å²) >= 11 is 0. The lowest BCUT2D eigenvalue weighted by Gasteiger charge is -2.20. The van der Waals surface area contributed by atoms with Crippen LogP contribution in [0.15, 0.2) is 36.4 Å². The molecule has 1 atom stereocenters. The molecule has 0 aliphatic rings. The van der Waals surface area contributed by atoms with Crippen LogP contribution in [0.1, 0.15) is 29.7 Å². The van der Waals surface area contributed by atoms with Gasteiger partial charge in [0.05, 0.1) is 13.2 Å². The third kappa shape index (κ3) is 3.39. The van der Waals surface area contributed by atoms with Gasteiger partial charge in [-0.2, -0.15) is 0 Å². The fourth-order valence-electron chi connectivity index (χ4n) is 2.32. The Morgan fingerprint density at radius 3 is 2.57 bits per heavy atom. The van der Waals surface area contributed by atoms with Crippen LogP contribution in [0.2, 0.25) is 0 Å². The third-order valence-corrected chi connectivity index (χ3v) is 3.42. The molecular formula is C17H19F2NO. The van der Waals surface area contributed by atoms with E-state index in [0.717, 1.165) is 5.56 Å². The van der Waals surface area contributed by atoms with Crippen molar-refractivity contribution in [3.63, 3.8) is 0 Å². The lowest BCUT2D eigenvalue weighted by atomic mass is 9.96. The number of hydrogen-bond acceptors (Lipinski definition) is 2. The van der Waals surface area contributed by atoms with Crippen LogP contribution in [0.5, 0.6) is 5.75 Å². The second kappa shape index (κ2) is 6.68. The zero-order valence-electron chi connectivity index (χ0n) is 12.4. The molecule has 112 valence electrons. The van der Waals surface area contributed by atoms with Crippen molar-refractivity contribution in [3.05, 3.63) is 64.7 Å². The molecule has 0 heterocycles. The average molecular weight is 291 g/mol. The van der Waals surface area contributed by atoms with Gasteiger partial charge in [0.25, 0.3) is 0 Å². The largest absolute Gasteiger partial charge is 0.497 e. The summed E-state index contributed by atoms with van der Waals surface area (Å²) in [7, 11) is 1.58. The first-order valence-corrected chi connectivity index (χ1v) is 6.89. The quantitative estimate of drug-likeness (QED) is 0.899. The molecule has 2 rings (SSSR count). The minimum atomic E-state index is -0.416. The van der Waals surface area contributed by atoms with Gasteiger partial charge in [-0.1, -0.05) is 19.1 Å². The second-order valence-corrected chi connectivity index (χ2v) is 4.89. The number of nitrogens with one attached hydrogen (secondary N) is 1. The summed E-state index contributed by atoms with van der Waals surface area (Å²) in [6, 6.07) is 9.42. The summed E-state index contributed by atoms with van der Waals surface area (Å²) in [5, 5.41) is 3.19. The van der Waals surface area contributed by atoms with E-state index in [1.807, 2.05) is 31.2 Å². The monoisotopic (exact) mass is 291 g/mol. The van der Waals surface area contributed by atoms with Gasteiger partial charge in [0.1, 0.15) is 17.4 Å². The van der Waals surface area contributed by atoms with Crippen molar-refractivity contribution < 1.29 is 13.5 Å². The standard InChI is InChI=1S/C17H19F2NO/c1-4-20-17(12-6-5-7-13(9-12)21-3)14-10-15(18)11(2)8-16(14)19/h5-10,17,20H,4H2,1-3H3. The lowest BCUT2D eigenvalue weighted by molar-refractivity contribution is 0.413. The number of rotatable bonds is 5. The van der Waals surface area contributed by atoms with Crippen molar-refractivity contribution in [1.29, 1.82) is 0 Å². The Morgan fingerprint density at radius 2 is 1.90 bits per heavy atom. The van der Waals surface area contributed by atoms with E-state index in [9.17, 15) is 8.78 Å². The summed E-state index contributed by atoms with van der Waals surface area (Å²) in [6.45, 7) is 4.11. The molecule has 0 fully saturated rings. The van der Waals surface area contributed by atoms with E-state index >= 15 is 0 Å². The van der Waals surface area contributed by atoms with Crippen molar-refractivity contribution in [2.24, 2.45) is 0 Å². The Labute approximate surface area is 123 Å². The number of hydrogen-bond donors (Lipinski definition) is 1. The summed E-state index contributed by atoms with van der Waals surface area (Å²) in [4.78, 5) is 0. The second-order valence-electron chi connectivity index (χ2n) is 4.89. The molecule has 21 heavy (non-hydrogen) atoms. The Kier molecular flexibility index (Phi) is 4.91. The SMILES string of the molecule is CCNC(c1cccc(OC)c1)c1cc(F)c(C)cc1F. The van der Waals surface area contributed by atoms with Crippen LogP contribution in [-0.4, -0.2) is 13.7 Å². The fourth-order valence-corrected chi connectivity index (χ4v) is 2.32. The smallest absolute Gasteiger partial charge is 0.128 e. The molecule has 0 saturated heterocycles. The normalized spacial score (nSPS) is 12.2. The Bertz CT molecular complexity index is 628. The van der Waals surface area contributed by atoms with Gasteiger partial charge in [0.15, 0.2) is 0 Å². The predicted molar refractivity (Wildman–Crippen MR) is 79.6 cm³/mol. The Balaban J connectivity index is 2.50. The van der Waals surface area contributed by atoms with Gasteiger partial charge in [-0.3, -0.25) is 0 Å². The molecule has 0 bridgehead atoms. The molecule has 0 saturated carbocycles. The van der Waals surface area contributed by atoms with Gasteiger partial charge in [-0.25, -0.2) is 8.78 Å². The first kappa shape index (κ1) is 15.4. The number of aryl methyl sites for hydroxylation is 1. The number of benzene rings is 2. The number of ether oxygens (including phenoxy) is 1. The van der Waals surface area contributed by atoms with Crippen LogP contribution >= 0.6 is 0 Å². The third-order valence-electron chi connectivity index (χ3n) is 3.42. The van der Waals surface area contributed by atoms with Crippen molar-refractivity contribution >= 4 is 0 Å². The van der Waals surface area contributed by atoms with E-state index in [2.05, 4.69) is 5.32 Å². The van der Waals surface area contributed by atoms with E-state index in [1.54, 1.807) is 14.0 Å². The molecule has 0 spiro atoms. The van der Waals surface area contributed by atoms with Gasteiger partial charge in [0, 0.05) is 5.56 Å². The summed E-state index contributed by atoms with van der Waals surface area (Å²) in [5.41, 5.74) is 1.43. The molecule has 1 N–H and O–H groups in total. The van der Waals surface area contributed by atoms with E-state index in [-0.39, 0.29) is 0 Å². The van der Waals surface area contributed by atoms with E-state index in [1.165, 1.54) is 12.1 Å². The van der Waals surface area contributed by atoms with Crippen molar-refractivity contribution in [1.82, 2.24) is 5.32 Å². The number of methoxy groups -OCH3 is 1. The molecule has 0 amide bonds. The van der Waals surface area contributed by atoms with Crippen LogP contribution < -0.4 is 10.1 Å². The minimum absolute atomic E-state index is 0.299. The van der Waals surface area contributed by atoms with Crippen LogP contribution in [0.25, 0.3) is 0 Å². The Morgan fingerprint density at radius 1 is 1.14 bits per heavy atom. The summed E-state index contributed by atoms with van der Waals surface area (Å²) in [5.74, 6) is -0.136. The zero-order valence-corrected chi connectivity index (χ0v) is 12.4. The molecular weight excluding hydrogens is 272 g/mol. The Hall–Kier alpha value is -1.94. The first-order valence-electron chi connectivity index (χ1n) is 6.89. The molecule has 0 aliphatic carbocycles. The molecule has 2 aromatic rings. The maximum Gasteiger partial charge on any atom is 0.128 e. The maximum absolute atomic E-state index is 14.2. The molecule has 2 nitrogen and oxygen atoms in total. The van der Waals surface area contributed by atoms with Crippen molar-refractivity contribution in [3.8, 4) is 5.75 Å². The molecule has 0 aliphatic heterocycles. The van der Waals surface area contributed by atoms with Crippen molar-refractivity contribution in [2.75, 3.05) is 13.7 Å². The predicted octanol–water partition coefficient (Wildman–Crippen LogP) is 3.98. The van der Waals surface area contributed by atoms with E-state index < -0.39 is 17.7 Å². The molecule has 1 unspecified atom stereocenters. The van der Waals surface area contributed by atoms with Crippen LogP contribution in [0.4, 0.5) is 8.78 Å². The van der Waals surface area contributed by atoms with Crippen LogP contribution in [0.3, 0.4) is 0 Å². The first-order chi connectivity index (χ1) is 10.1. The van der Waals surface area contributed by atoms with Gasteiger partial charge in [-0.05, 0) is 48.9 Å². The van der Waals surface area contributed by atoms with Gasteiger partial charge in [-0.15, -0.1) is 0 Å². The summed E-state index contributed by atoms with van der Waals surface area (Å²) in [6.07, 6.45) is 0. The zero-order chi connectivity index (χ0) is 15.4. The lowest BCUT2D eigenvalue weighted by Crippen LogP contribution is -2.23.